The van der Waals surface area contributed by atoms with Gasteiger partial charge < -0.3 is 14.2 Å². The first kappa shape index (κ1) is 80.6. The molecule has 6 nitrogen and oxygen atoms in total. The van der Waals surface area contributed by atoms with Crippen molar-refractivity contribution in [1.29, 1.82) is 0 Å². The second-order valence-electron chi connectivity index (χ2n) is 25.6. The Kier molecular flexibility index (Phi) is 70.0. The van der Waals surface area contributed by atoms with Gasteiger partial charge >= 0.3 is 17.9 Å². The van der Waals surface area contributed by atoms with E-state index in [4.69, 9.17) is 14.2 Å². The van der Waals surface area contributed by atoms with Crippen molar-refractivity contribution in [2.45, 2.75) is 425 Å². The Labute approximate surface area is 518 Å². The van der Waals surface area contributed by atoms with Crippen LogP contribution in [-0.2, 0) is 28.6 Å². The van der Waals surface area contributed by atoms with E-state index in [0.717, 1.165) is 64.2 Å². The summed E-state index contributed by atoms with van der Waals surface area (Å²) in [5, 5.41) is 0. The molecule has 0 bridgehead atoms. The number of ether oxygens (including phenoxy) is 3. The van der Waals surface area contributed by atoms with E-state index in [1.807, 2.05) is 0 Å². The lowest BCUT2D eigenvalue weighted by Gasteiger charge is -2.18. The number of hydrogen-bond acceptors (Lipinski definition) is 6. The van der Waals surface area contributed by atoms with Gasteiger partial charge in [0.15, 0.2) is 6.10 Å². The van der Waals surface area contributed by atoms with Gasteiger partial charge in [-0.3, -0.25) is 14.4 Å². The standard InChI is InChI=1S/C77H144O6/c1-4-7-10-13-16-19-21-23-25-27-29-31-33-35-36-37-38-39-40-42-43-45-47-49-51-53-55-58-61-64-67-70-76(79)82-73-74(72-81-75(78)69-66-63-60-57-18-15-12-9-6-3)83-77(80)71-68-65-62-59-56-54-52-50-48-46-44-41-34-32-30-28-26-24-22-20-17-14-11-8-5-2/h21,23,27-30,74H,4-20,22,24-26,31-73H2,1-3H3/b23-21-,29-27-,30-28-. The molecule has 0 aliphatic carbocycles. The lowest BCUT2D eigenvalue weighted by molar-refractivity contribution is -0.167. The van der Waals surface area contributed by atoms with Gasteiger partial charge in [-0.1, -0.05) is 359 Å². The molecule has 0 saturated carbocycles. The lowest BCUT2D eigenvalue weighted by Crippen LogP contribution is -2.30. The molecular weight excluding hydrogens is 1020 g/mol. The van der Waals surface area contributed by atoms with Crippen LogP contribution in [0.2, 0.25) is 0 Å². The van der Waals surface area contributed by atoms with Crippen molar-refractivity contribution >= 4 is 17.9 Å². The Morgan fingerprint density at radius 3 is 0.675 bits per heavy atom. The first-order chi connectivity index (χ1) is 41.0. The van der Waals surface area contributed by atoms with Crippen LogP contribution < -0.4 is 0 Å². The predicted molar refractivity (Wildman–Crippen MR) is 362 cm³/mol. The average Bonchev–Trinajstić information content (AvgIpc) is 3.49. The topological polar surface area (TPSA) is 78.9 Å². The van der Waals surface area contributed by atoms with Crippen LogP contribution in [0, 0.1) is 0 Å². The summed E-state index contributed by atoms with van der Waals surface area (Å²) < 4.78 is 17.0. The Hall–Kier alpha value is -2.37. The van der Waals surface area contributed by atoms with Crippen LogP contribution in [0.4, 0.5) is 0 Å². The van der Waals surface area contributed by atoms with Crippen LogP contribution in [0.1, 0.15) is 419 Å². The first-order valence-electron chi connectivity index (χ1n) is 37.5. The molecule has 0 aromatic carbocycles. The molecule has 0 saturated heterocycles. The molecule has 83 heavy (non-hydrogen) atoms. The fourth-order valence-corrected chi connectivity index (χ4v) is 11.5. The summed E-state index contributed by atoms with van der Waals surface area (Å²) in [4.78, 5) is 38.3. The average molecular weight is 1170 g/mol. The Balaban J connectivity index is 4.06. The summed E-state index contributed by atoms with van der Waals surface area (Å²) in [6.45, 7) is 6.68. The number of unbranched alkanes of at least 4 members (excludes halogenated alkanes) is 53. The van der Waals surface area contributed by atoms with Gasteiger partial charge in [0, 0.05) is 19.3 Å². The lowest BCUT2D eigenvalue weighted by atomic mass is 10.0. The summed E-state index contributed by atoms with van der Waals surface area (Å²) in [7, 11) is 0. The fraction of sp³-hybridized carbons (Fsp3) is 0.883. The van der Waals surface area contributed by atoms with Crippen LogP contribution in [-0.4, -0.2) is 37.2 Å². The zero-order valence-corrected chi connectivity index (χ0v) is 56.2. The number of allylic oxidation sites excluding steroid dienone is 6. The number of carbonyl (C=O) groups excluding carboxylic acids is 3. The largest absolute Gasteiger partial charge is 0.462 e. The van der Waals surface area contributed by atoms with Gasteiger partial charge in [0.1, 0.15) is 13.2 Å². The zero-order valence-electron chi connectivity index (χ0n) is 56.2. The van der Waals surface area contributed by atoms with Crippen molar-refractivity contribution in [3.63, 3.8) is 0 Å². The minimum atomic E-state index is -0.768. The second-order valence-corrected chi connectivity index (χ2v) is 25.6. The molecule has 0 fully saturated rings. The smallest absolute Gasteiger partial charge is 0.306 e. The third kappa shape index (κ3) is 70.3. The van der Waals surface area contributed by atoms with Crippen LogP contribution in [0.25, 0.3) is 0 Å². The molecule has 488 valence electrons. The van der Waals surface area contributed by atoms with E-state index >= 15 is 0 Å². The van der Waals surface area contributed by atoms with Crippen molar-refractivity contribution in [3.05, 3.63) is 36.5 Å². The van der Waals surface area contributed by atoms with Crippen LogP contribution in [0.3, 0.4) is 0 Å². The molecule has 0 aliphatic heterocycles. The van der Waals surface area contributed by atoms with Gasteiger partial charge in [0.25, 0.3) is 0 Å². The summed E-state index contributed by atoms with van der Waals surface area (Å²) in [5.74, 6) is -0.838. The van der Waals surface area contributed by atoms with Crippen molar-refractivity contribution in [2.24, 2.45) is 0 Å². The quantitative estimate of drug-likeness (QED) is 0.0261. The van der Waals surface area contributed by atoms with Gasteiger partial charge in [0.2, 0.25) is 0 Å². The van der Waals surface area contributed by atoms with E-state index in [1.165, 1.54) is 315 Å². The van der Waals surface area contributed by atoms with E-state index in [1.54, 1.807) is 0 Å². The third-order valence-corrected chi connectivity index (χ3v) is 17.1. The van der Waals surface area contributed by atoms with Gasteiger partial charge in [-0.25, -0.2) is 0 Å². The minimum Gasteiger partial charge on any atom is -0.462 e. The van der Waals surface area contributed by atoms with Gasteiger partial charge in [-0.15, -0.1) is 0 Å². The number of hydrogen-bond donors (Lipinski definition) is 0. The maximum absolute atomic E-state index is 12.9. The van der Waals surface area contributed by atoms with Crippen LogP contribution in [0.5, 0.6) is 0 Å². The molecule has 6 heteroatoms. The molecule has 1 atom stereocenters. The molecule has 0 radical (unpaired) electrons. The van der Waals surface area contributed by atoms with E-state index in [0.29, 0.717) is 19.3 Å². The van der Waals surface area contributed by atoms with Crippen molar-refractivity contribution in [3.8, 4) is 0 Å². The Bertz CT molecular complexity index is 1380. The first-order valence-corrected chi connectivity index (χ1v) is 37.5. The van der Waals surface area contributed by atoms with Crippen molar-refractivity contribution in [1.82, 2.24) is 0 Å². The summed E-state index contributed by atoms with van der Waals surface area (Å²) >= 11 is 0. The number of carbonyl (C=O) groups is 3. The van der Waals surface area contributed by atoms with Crippen molar-refractivity contribution in [2.75, 3.05) is 13.2 Å². The normalized spacial score (nSPS) is 12.2. The number of esters is 3. The van der Waals surface area contributed by atoms with E-state index in [9.17, 15) is 14.4 Å². The molecule has 0 aromatic rings. The monoisotopic (exact) mass is 1170 g/mol. The molecule has 0 spiro atoms. The molecule has 0 N–H and O–H groups in total. The van der Waals surface area contributed by atoms with E-state index in [2.05, 4.69) is 57.2 Å². The SMILES string of the molecule is CCCCCCC/C=C\C/C=C\CCCCCCCCCCCCCCCCCCCCCC(=O)OCC(COC(=O)CCCCCCCCCCC)OC(=O)CCCCCCCCCCCCCCC/C=C\CCCCCCCCCC. The predicted octanol–water partition coefficient (Wildman–Crippen LogP) is 25.9. The molecule has 0 aliphatic rings. The van der Waals surface area contributed by atoms with Crippen molar-refractivity contribution < 1.29 is 28.6 Å². The maximum atomic E-state index is 12.9. The Morgan fingerprint density at radius 1 is 0.241 bits per heavy atom. The molecule has 0 heterocycles. The highest BCUT2D eigenvalue weighted by atomic mass is 16.6. The van der Waals surface area contributed by atoms with Gasteiger partial charge in [0.05, 0.1) is 0 Å². The minimum absolute atomic E-state index is 0.0657. The highest BCUT2D eigenvalue weighted by Crippen LogP contribution is 2.19. The van der Waals surface area contributed by atoms with Gasteiger partial charge in [-0.2, -0.15) is 0 Å². The third-order valence-electron chi connectivity index (χ3n) is 17.1. The summed E-state index contributed by atoms with van der Waals surface area (Å²) in [6, 6.07) is 0. The van der Waals surface area contributed by atoms with E-state index < -0.39 is 6.10 Å². The second kappa shape index (κ2) is 72.1. The molecule has 0 aromatic heterocycles. The molecule has 0 amide bonds. The molecular formula is C77H144O6. The van der Waals surface area contributed by atoms with Gasteiger partial charge in [-0.05, 0) is 77.0 Å². The van der Waals surface area contributed by atoms with Crippen LogP contribution >= 0.6 is 0 Å². The maximum Gasteiger partial charge on any atom is 0.306 e. The Morgan fingerprint density at radius 2 is 0.434 bits per heavy atom. The highest BCUT2D eigenvalue weighted by molar-refractivity contribution is 5.71. The molecule has 0 rings (SSSR count). The highest BCUT2D eigenvalue weighted by Gasteiger charge is 2.20. The summed E-state index contributed by atoms with van der Waals surface area (Å²) in [5.41, 5.74) is 0. The summed E-state index contributed by atoms with van der Waals surface area (Å²) in [6.07, 6.45) is 90.7. The molecule has 1 unspecified atom stereocenters. The number of rotatable bonds is 70. The van der Waals surface area contributed by atoms with Crippen LogP contribution in [0.15, 0.2) is 36.5 Å². The van der Waals surface area contributed by atoms with E-state index in [-0.39, 0.29) is 31.1 Å². The zero-order chi connectivity index (χ0) is 59.9. The fourth-order valence-electron chi connectivity index (χ4n) is 11.5.